The number of nitrogens with zero attached hydrogens (tertiary/aromatic N) is 2. The van der Waals surface area contributed by atoms with Crippen LogP contribution in [0, 0.1) is 35.5 Å². The van der Waals surface area contributed by atoms with Crippen LogP contribution in [0.5, 0.6) is 0 Å². The van der Waals surface area contributed by atoms with Crippen LogP contribution in [0.2, 0.25) is 0 Å². The zero-order valence-corrected chi connectivity index (χ0v) is 22.3. The number of hydrogen-bond donors (Lipinski definition) is 0. The molecular formula is C25H46N2NiO2. The van der Waals surface area contributed by atoms with Crippen molar-refractivity contribution in [2.75, 3.05) is 0 Å². The van der Waals surface area contributed by atoms with E-state index in [1.54, 1.807) is 0 Å². The SMILES string of the molecule is CC(C)[C@H]1N=C(CC2=N[C@H](C(C)C)C(C(C)C)(C(C)C)O2)OC1(C(C)C)C(C)C.[Ni]. The van der Waals surface area contributed by atoms with Crippen LogP contribution in [0.25, 0.3) is 0 Å². The molecule has 4 nitrogen and oxygen atoms in total. The van der Waals surface area contributed by atoms with E-state index in [4.69, 9.17) is 19.5 Å². The standard InChI is InChI=1S/C25H46N2O2.Ni/c1-14(2)22-24(16(5)6,17(7)8)28-20(26-22)13-21-27-23(15(3)4)25(29-21,18(9)10)19(11)12;/h14-19,22-23H,13H2,1-12H3;/t22-,23-;/m1./s1. The van der Waals surface area contributed by atoms with E-state index in [1.807, 2.05) is 0 Å². The van der Waals surface area contributed by atoms with E-state index in [9.17, 15) is 0 Å². The predicted molar refractivity (Wildman–Crippen MR) is 124 cm³/mol. The van der Waals surface area contributed by atoms with E-state index in [1.165, 1.54) is 0 Å². The summed E-state index contributed by atoms with van der Waals surface area (Å²) in [6.45, 7) is 27.1. The summed E-state index contributed by atoms with van der Waals surface area (Å²) in [5.74, 6) is 4.00. The molecule has 0 bridgehead atoms. The summed E-state index contributed by atoms with van der Waals surface area (Å²) in [4.78, 5) is 10.2. The minimum Gasteiger partial charge on any atom is -0.471 e. The molecule has 5 heteroatoms. The largest absolute Gasteiger partial charge is 0.471 e. The summed E-state index contributed by atoms with van der Waals surface area (Å²) in [6, 6.07) is 0.334. The Morgan fingerprint density at radius 2 is 0.867 bits per heavy atom. The molecule has 0 unspecified atom stereocenters. The summed E-state index contributed by atoms with van der Waals surface area (Å²) in [5, 5.41) is 0. The Kier molecular flexibility index (Phi) is 9.09. The van der Waals surface area contributed by atoms with Gasteiger partial charge in [0.15, 0.2) is 11.8 Å². The van der Waals surface area contributed by atoms with E-state index < -0.39 is 0 Å². The topological polar surface area (TPSA) is 43.2 Å². The summed E-state index contributed by atoms with van der Waals surface area (Å²) in [5.41, 5.74) is -0.513. The van der Waals surface area contributed by atoms with Crippen LogP contribution in [0.3, 0.4) is 0 Å². The number of hydrogen-bond acceptors (Lipinski definition) is 4. The van der Waals surface area contributed by atoms with Gasteiger partial charge in [-0.05, 0) is 35.5 Å². The van der Waals surface area contributed by atoms with E-state index in [2.05, 4.69) is 83.1 Å². The molecule has 0 aromatic carbocycles. The van der Waals surface area contributed by atoms with Crippen LogP contribution in [-0.2, 0) is 26.0 Å². The fraction of sp³-hybridized carbons (Fsp3) is 0.920. The molecule has 0 aliphatic carbocycles. The third kappa shape index (κ3) is 4.48. The Morgan fingerprint density at radius 1 is 0.600 bits per heavy atom. The summed E-state index contributed by atoms with van der Waals surface area (Å²) in [7, 11) is 0. The zero-order valence-electron chi connectivity index (χ0n) is 21.4. The van der Waals surface area contributed by atoms with Gasteiger partial charge in [-0.15, -0.1) is 0 Å². The average Bonchev–Trinajstić information content (AvgIpc) is 3.15. The zero-order chi connectivity index (χ0) is 22.3. The van der Waals surface area contributed by atoms with E-state index in [0.29, 0.717) is 41.9 Å². The van der Waals surface area contributed by atoms with Gasteiger partial charge in [0.05, 0.1) is 18.5 Å². The third-order valence-electron chi connectivity index (χ3n) is 7.25. The number of aliphatic imine (C=N–C) groups is 2. The maximum atomic E-state index is 6.68. The van der Waals surface area contributed by atoms with Gasteiger partial charge in [0.1, 0.15) is 11.2 Å². The maximum Gasteiger partial charge on any atom is 0.193 e. The molecule has 0 aromatic heterocycles. The summed E-state index contributed by atoms with van der Waals surface area (Å²) in [6.07, 6.45) is 0.564. The minimum atomic E-state index is -0.257. The molecule has 2 aliphatic rings. The van der Waals surface area contributed by atoms with Gasteiger partial charge in [0.25, 0.3) is 0 Å². The fourth-order valence-corrected chi connectivity index (χ4v) is 5.90. The van der Waals surface area contributed by atoms with Crippen molar-refractivity contribution in [2.24, 2.45) is 45.5 Å². The molecule has 30 heavy (non-hydrogen) atoms. The van der Waals surface area contributed by atoms with Gasteiger partial charge in [-0.3, -0.25) is 0 Å². The van der Waals surface area contributed by atoms with Crippen LogP contribution in [0.4, 0.5) is 0 Å². The molecule has 2 atom stereocenters. The minimum absolute atomic E-state index is 0. The smallest absolute Gasteiger partial charge is 0.193 e. The van der Waals surface area contributed by atoms with Crippen molar-refractivity contribution in [3.63, 3.8) is 0 Å². The molecule has 0 aromatic rings. The van der Waals surface area contributed by atoms with Gasteiger partial charge in [-0.25, -0.2) is 9.98 Å². The quantitative estimate of drug-likeness (QED) is 0.391. The first kappa shape index (κ1) is 27.5. The van der Waals surface area contributed by atoms with Crippen LogP contribution in [-0.4, -0.2) is 35.1 Å². The number of rotatable bonds is 8. The maximum absolute atomic E-state index is 6.68. The van der Waals surface area contributed by atoms with Crippen molar-refractivity contribution < 1.29 is 26.0 Å². The Hall–Kier alpha value is -0.566. The van der Waals surface area contributed by atoms with Crippen molar-refractivity contribution >= 4 is 11.8 Å². The summed E-state index contributed by atoms with van der Waals surface area (Å²) >= 11 is 0. The van der Waals surface area contributed by atoms with Gasteiger partial charge in [0.2, 0.25) is 0 Å². The second-order valence-electron chi connectivity index (χ2n) is 11.1. The molecule has 0 radical (unpaired) electrons. The van der Waals surface area contributed by atoms with Crippen LogP contribution in [0.1, 0.15) is 89.5 Å². The van der Waals surface area contributed by atoms with Crippen molar-refractivity contribution in [3.05, 3.63) is 0 Å². The molecule has 2 heterocycles. The number of ether oxygens (including phenoxy) is 2. The van der Waals surface area contributed by atoms with Crippen molar-refractivity contribution in [1.29, 1.82) is 0 Å². The van der Waals surface area contributed by atoms with Crippen LogP contribution in [0.15, 0.2) is 9.98 Å². The van der Waals surface area contributed by atoms with Gasteiger partial charge < -0.3 is 9.47 Å². The monoisotopic (exact) mass is 464 g/mol. The molecular weight excluding hydrogens is 419 g/mol. The Balaban J connectivity index is 0.00000450. The van der Waals surface area contributed by atoms with Crippen molar-refractivity contribution in [3.8, 4) is 0 Å². The second-order valence-corrected chi connectivity index (χ2v) is 11.1. The Morgan fingerprint density at radius 3 is 1.03 bits per heavy atom. The molecule has 0 spiro atoms. The summed E-state index contributed by atoms with van der Waals surface area (Å²) < 4.78 is 13.4. The molecule has 0 N–H and O–H groups in total. The first-order valence-electron chi connectivity index (χ1n) is 11.8. The molecule has 2 rings (SSSR count). The fourth-order valence-electron chi connectivity index (χ4n) is 5.90. The van der Waals surface area contributed by atoms with E-state index >= 15 is 0 Å². The predicted octanol–water partition coefficient (Wildman–Crippen LogP) is 6.38. The van der Waals surface area contributed by atoms with Crippen LogP contribution >= 0.6 is 0 Å². The molecule has 0 saturated carbocycles. The van der Waals surface area contributed by atoms with E-state index in [-0.39, 0.29) is 39.8 Å². The molecule has 0 amide bonds. The third-order valence-corrected chi connectivity index (χ3v) is 7.25. The van der Waals surface area contributed by atoms with Crippen molar-refractivity contribution in [2.45, 2.75) is 113 Å². The first-order chi connectivity index (χ1) is 13.3. The molecule has 0 fully saturated rings. The average molecular weight is 465 g/mol. The van der Waals surface area contributed by atoms with Gasteiger partial charge in [0, 0.05) is 16.5 Å². The van der Waals surface area contributed by atoms with Gasteiger partial charge in [-0.1, -0.05) is 83.1 Å². The Labute approximate surface area is 196 Å². The van der Waals surface area contributed by atoms with Gasteiger partial charge in [-0.2, -0.15) is 0 Å². The van der Waals surface area contributed by atoms with Crippen molar-refractivity contribution in [1.82, 2.24) is 0 Å². The Bertz CT molecular complexity index is 565. The molecule has 0 saturated heterocycles. The molecule has 2 aliphatic heterocycles. The normalized spacial score (nSPS) is 25.1. The van der Waals surface area contributed by atoms with Crippen LogP contribution < -0.4 is 0 Å². The molecule has 178 valence electrons. The van der Waals surface area contributed by atoms with E-state index in [0.717, 1.165) is 11.8 Å². The van der Waals surface area contributed by atoms with Gasteiger partial charge >= 0.3 is 0 Å². The second kappa shape index (κ2) is 9.92. The first-order valence-corrected chi connectivity index (χ1v) is 11.8.